The summed E-state index contributed by atoms with van der Waals surface area (Å²) in [5, 5.41) is 0.710. The Morgan fingerprint density at radius 1 is 1.12 bits per heavy atom. The van der Waals surface area contributed by atoms with E-state index in [9.17, 15) is 4.79 Å². The fraction of sp³-hybridized carbons (Fsp3) is 0.263. The van der Waals surface area contributed by atoms with Crippen LogP contribution in [0.2, 0.25) is 5.02 Å². The highest BCUT2D eigenvalue weighted by Gasteiger charge is 2.20. The molecule has 1 aromatic heterocycles. The van der Waals surface area contributed by atoms with E-state index in [-0.39, 0.29) is 5.91 Å². The van der Waals surface area contributed by atoms with Gasteiger partial charge in [0.15, 0.2) is 11.5 Å². The number of amides is 1. The molecule has 0 unspecified atom stereocenters. The van der Waals surface area contributed by atoms with E-state index in [4.69, 9.17) is 16.0 Å². The van der Waals surface area contributed by atoms with Gasteiger partial charge in [-0.05, 0) is 48.7 Å². The van der Waals surface area contributed by atoms with E-state index in [0.717, 1.165) is 37.0 Å². The minimum absolute atomic E-state index is 0.0802. The summed E-state index contributed by atoms with van der Waals surface area (Å²) in [6.07, 6.45) is 2.77. The first-order valence-corrected chi connectivity index (χ1v) is 8.50. The first kappa shape index (κ1) is 15.2. The number of fused-ring (bicyclic) bond motifs is 1. The van der Waals surface area contributed by atoms with Gasteiger partial charge in [0.2, 0.25) is 0 Å². The SMILES string of the molecule is O=C(c1ccc2oc(Cc3ccc(Cl)cc3)nc2c1)N1CCCC1. The Labute approximate surface area is 145 Å². The molecule has 0 atom stereocenters. The molecule has 0 spiro atoms. The van der Waals surface area contributed by atoms with Crippen molar-refractivity contribution in [3.8, 4) is 0 Å². The third-order valence-corrected chi connectivity index (χ3v) is 4.59. The Balaban J connectivity index is 1.58. The van der Waals surface area contributed by atoms with Crippen molar-refractivity contribution in [1.29, 1.82) is 0 Å². The second-order valence-corrected chi connectivity index (χ2v) is 6.53. The van der Waals surface area contributed by atoms with Crippen molar-refractivity contribution in [1.82, 2.24) is 9.88 Å². The molecule has 0 bridgehead atoms. The third-order valence-electron chi connectivity index (χ3n) is 4.34. The number of nitrogens with zero attached hydrogens (tertiary/aromatic N) is 2. The van der Waals surface area contributed by atoms with Crippen LogP contribution in [0, 0.1) is 0 Å². The lowest BCUT2D eigenvalue weighted by Crippen LogP contribution is -2.27. The van der Waals surface area contributed by atoms with Crippen molar-refractivity contribution in [3.05, 3.63) is 64.5 Å². The fourth-order valence-electron chi connectivity index (χ4n) is 3.06. The molecule has 1 amide bonds. The molecular weight excluding hydrogens is 324 g/mol. The molecule has 3 aromatic rings. The van der Waals surface area contributed by atoms with Gasteiger partial charge in [0.1, 0.15) is 5.52 Å². The number of benzene rings is 2. The van der Waals surface area contributed by atoms with Gasteiger partial charge in [-0.25, -0.2) is 4.98 Å². The zero-order chi connectivity index (χ0) is 16.5. The van der Waals surface area contributed by atoms with Crippen LogP contribution in [0.1, 0.15) is 34.7 Å². The van der Waals surface area contributed by atoms with Gasteiger partial charge in [0.25, 0.3) is 5.91 Å². The van der Waals surface area contributed by atoms with Crippen molar-refractivity contribution in [2.24, 2.45) is 0 Å². The number of carbonyl (C=O) groups excluding carboxylic acids is 1. The van der Waals surface area contributed by atoms with E-state index in [2.05, 4.69) is 4.98 Å². The number of aromatic nitrogens is 1. The van der Waals surface area contributed by atoms with Crippen molar-refractivity contribution in [2.75, 3.05) is 13.1 Å². The molecule has 2 aromatic carbocycles. The Morgan fingerprint density at radius 2 is 1.88 bits per heavy atom. The van der Waals surface area contributed by atoms with Gasteiger partial charge in [-0.2, -0.15) is 0 Å². The Bertz CT molecular complexity index is 880. The fourth-order valence-corrected chi connectivity index (χ4v) is 3.19. The van der Waals surface area contributed by atoms with Crippen LogP contribution in [0.3, 0.4) is 0 Å². The second kappa shape index (κ2) is 6.29. The first-order valence-electron chi connectivity index (χ1n) is 8.12. The van der Waals surface area contributed by atoms with Crippen LogP contribution < -0.4 is 0 Å². The van der Waals surface area contributed by atoms with E-state index in [1.54, 1.807) is 0 Å². The van der Waals surface area contributed by atoms with Gasteiger partial charge in [-0.1, -0.05) is 23.7 Å². The van der Waals surface area contributed by atoms with Crippen LogP contribution in [0.15, 0.2) is 46.9 Å². The summed E-state index contributed by atoms with van der Waals surface area (Å²) in [6, 6.07) is 13.1. The maximum atomic E-state index is 12.5. The molecule has 2 heterocycles. The zero-order valence-corrected chi connectivity index (χ0v) is 13.9. The lowest BCUT2D eigenvalue weighted by Gasteiger charge is -2.14. The van der Waals surface area contributed by atoms with Crippen LogP contribution in [0.4, 0.5) is 0 Å². The molecule has 0 saturated carbocycles. The summed E-state index contributed by atoms with van der Waals surface area (Å²) < 4.78 is 5.79. The van der Waals surface area contributed by atoms with Crippen LogP contribution in [-0.2, 0) is 6.42 Å². The van der Waals surface area contributed by atoms with Crippen LogP contribution in [-0.4, -0.2) is 28.9 Å². The monoisotopic (exact) mass is 340 g/mol. The van der Waals surface area contributed by atoms with Crippen LogP contribution in [0.25, 0.3) is 11.1 Å². The average molecular weight is 341 g/mol. The molecule has 1 saturated heterocycles. The van der Waals surface area contributed by atoms with Gasteiger partial charge in [0, 0.05) is 30.1 Å². The Kier molecular flexibility index (Phi) is 3.98. The van der Waals surface area contributed by atoms with Gasteiger partial charge in [0.05, 0.1) is 0 Å². The Morgan fingerprint density at radius 3 is 2.62 bits per heavy atom. The van der Waals surface area contributed by atoms with Gasteiger partial charge in [-0.3, -0.25) is 4.79 Å². The van der Waals surface area contributed by atoms with Gasteiger partial charge in [-0.15, -0.1) is 0 Å². The number of halogens is 1. The lowest BCUT2D eigenvalue weighted by atomic mass is 10.1. The number of rotatable bonds is 3. The predicted molar refractivity (Wildman–Crippen MR) is 93.4 cm³/mol. The zero-order valence-electron chi connectivity index (χ0n) is 13.2. The second-order valence-electron chi connectivity index (χ2n) is 6.09. The molecule has 0 radical (unpaired) electrons. The molecule has 122 valence electrons. The molecule has 1 aliphatic heterocycles. The predicted octanol–water partition coefficient (Wildman–Crippen LogP) is 4.31. The summed E-state index contributed by atoms with van der Waals surface area (Å²) in [4.78, 5) is 18.9. The summed E-state index contributed by atoms with van der Waals surface area (Å²) in [5.41, 5.74) is 3.19. The normalized spacial score (nSPS) is 14.5. The summed E-state index contributed by atoms with van der Waals surface area (Å²) in [6.45, 7) is 1.69. The van der Waals surface area contributed by atoms with Gasteiger partial charge < -0.3 is 9.32 Å². The maximum absolute atomic E-state index is 12.5. The van der Waals surface area contributed by atoms with Crippen molar-refractivity contribution in [2.45, 2.75) is 19.3 Å². The van der Waals surface area contributed by atoms with Crippen molar-refractivity contribution >= 4 is 28.6 Å². The number of likely N-dealkylation sites (tertiary alicyclic amines) is 1. The van der Waals surface area contributed by atoms with Crippen molar-refractivity contribution < 1.29 is 9.21 Å². The van der Waals surface area contributed by atoms with E-state index in [1.165, 1.54) is 0 Å². The summed E-state index contributed by atoms with van der Waals surface area (Å²) in [5.74, 6) is 0.717. The van der Waals surface area contributed by atoms with E-state index in [1.807, 2.05) is 47.4 Å². The van der Waals surface area contributed by atoms with E-state index in [0.29, 0.717) is 28.5 Å². The molecule has 4 rings (SSSR count). The number of hydrogen-bond donors (Lipinski definition) is 0. The number of oxazole rings is 1. The smallest absolute Gasteiger partial charge is 0.253 e. The van der Waals surface area contributed by atoms with Gasteiger partial charge >= 0.3 is 0 Å². The number of carbonyl (C=O) groups is 1. The molecule has 4 nitrogen and oxygen atoms in total. The van der Waals surface area contributed by atoms with Crippen LogP contribution >= 0.6 is 11.6 Å². The third kappa shape index (κ3) is 3.02. The summed E-state index contributed by atoms with van der Waals surface area (Å²) >= 11 is 5.90. The summed E-state index contributed by atoms with van der Waals surface area (Å²) in [7, 11) is 0. The topological polar surface area (TPSA) is 46.3 Å². The highest BCUT2D eigenvalue weighted by atomic mass is 35.5. The highest BCUT2D eigenvalue weighted by molar-refractivity contribution is 6.30. The number of hydrogen-bond acceptors (Lipinski definition) is 3. The minimum Gasteiger partial charge on any atom is -0.440 e. The maximum Gasteiger partial charge on any atom is 0.253 e. The van der Waals surface area contributed by atoms with Crippen LogP contribution in [0.5, 0.6) is 0 Å². The molecular formula is C19H17ClN2O2. The highest BCUT2D eigenvalue weighted by Crippen LogP contribution is 2.21. The van der Waals surface area contributed by atoms with Crippen molar-refractivity contribution in [3.63, 3.8) is 0 Å². The largest absolute Gasteiger partial charge is 0.440 e. The Hall–Kier alpha value is -2.33. The van der Waals surface area contributed by atoms with E-state index < -0.39 is 0 Å². The quantitative estimate of drug-likeness (QED) is 0.713. The molecule has 1 aliphatic rings. The molecule has 1 fully saturated rings. The lowest BCUT2D eigenvalue weighted by molar-refractivity contribution is 0.0793. The average Bonchev–Trinajstić information content (AvgIpc) is 3.24. The molecule has 24 heavy (non-hydrogen) atoms. The standard InChI is InChI=1S/C19H17ClN2O2/c20-15-6-3-13(4-7-15)11-18-21-16-12-14(5-8-17(16)24-18)19(23)22-9-1-2-10-22/h3-8,12H,1-2,9-11H2. The molecule has 0 N–H and O–H groups in total. The van der Waals surface area contributed by atoms with E-state index >= 15 is 0 Å². The first-order chi connectivity index (χ1) is 11.7. The molecule has 0 aliphatic carbocycles. The molecule has 5 heteroatoms. The minimum atomic E-state index is 0.0802.